The molecule has 0 bridgehead atoms. The van der Waals surface area contributed by atoms with Gasteiger partial charge in [0, 0.05) is 17.1 Å². The third-order valence-corrected chi connectivity index (χ3v) is 3.99. The lowest BCUT2D eigenvalue weighted by Crippen LogP contribution is -2.08. The molecule has 5 nitrogen and oxygen atoms in total. The molecule has 0 aliphatic rings. The van der Waals surface area contributed by atoms with Crippen LogP contribution in [-0.2, 0) is 11.3 Å². The highest BCUT2D eigenvalue weighted by molar-refractivity contribution is 6.03. The molecule has 0 aliphatic heterocycles. The van der Waals surface area contributed by atoms with Crippen LogP contribution < -0.4 is 0 Å². The molecule has 0 radical (unpaired) electrons. The standard InChI is InChI=1S/C19H15N3O2/c1-12-18(22-17-9-5-4-8-16(17)21-12)11-24-19(23)14-10-20-15-7-3-2-6-13(14)15/h2-10,20H,11H2,1H3. The molecular weight excluding hydrogens is 302 g/mol. The number of hydrogen-bond donors (Lipinski definition) is 1. The first kappa shape index (κ1) is 14.4. The van der Waals surface area contributed by atoms with Gasteiger partial charge in [0.15, 0.2) is 0 Å². The summed E-state index contributed by atoms with van der Waals surface area (Å²) in [7, 11) is 0. The van der Waals surface area contributed by atoms with E-state index < -0.39 is 0 Å². The number of ether oxygens (including phenoxy) is 1. The zero-order valence-electron chi connectivity index (χ0n) is 13.1. The number of hydrogen-bond acceptors (Lipinski definition) is 4. The van der Waals surface area contributed by atoms with E-state index in [1.165, 1.54) is 0 Å². The number of fused-ring (bicyclic) bond motifs is 2. The van der Waals surface area contributed by atoms with Gasteiger partial charge in [-0.3, -0.25) is 0 Å². The Morgan fingerprint density at radius 2 is 1.75 bits per heavy atom. The third kappa shape index (κ3) is 2.50. The summed E-state index contributed by atoms with van der Waals surface area (Å²) in [6.07, 6.45) is 1.67. The summed E-state index contributed by atoms with van der Waals surface area (Å²) in [6.45, 7) is 1.97. The fourth-order valence-electron chi connectivity index (χ4n) is 2.71. The second-order valence-corrected chi connectivity index (χ2v) is 5.57. The average Bonchev–Trinajstić information content (AvgIpc) is 3.04. The highest BCUT2D eigenvalue weighted by Gasteiger charge is 2.14. The van der Waals surface area contributed by atoms with E-state index in [-0.39, 0.29) is 12.6 Å². The third-order valence-electron chi connectivity index (χ3n) is 3.99. The first-order valence-corrected chi connectivity index (χ1v) is 7.68. The SMILES string of the molecule is Cc1nc2ccccc2nc1COC(=O)c1c[nH]c2ccccc12. The van der Waals surface area contributed by atoms with Crippen molar-refractivity contribution in [2.75, 3.05) is 0 Å². The number of benzene rings is 2. The fraction of sp³-hybridized carbons (Fsp3) is 0.105. The van der Waals surface area contributed by atoms with Crippen LogP contribution in [0.2, 0.25) is 0 Å². The molecule has 24 heavy (non-hydrogen) atoms. The molecular formula is C19H15N3O2. The maximum atomic E-state index is 12.4. The van der Waals surface area contributed by atoms with Gasteiger partial charge in [-0.25, -0.2) is 14.8 Å². The summed E-state index contributed by atoms with van der Waals surface area (Å²) in [5, 5.41) is 0.851. The molecule has 1 N–H and O–H groups in total. The summed E-state index contributed by atoms with van der Waals surface area (Å²) in [4.78, 5) is 24.5. The molecule has 118 valence electrons. The minimum Gasteiger partial charge on any atom is -0.455 e. The van der Waals surface area contributed by atoms with E-state index in [0.29, 0.717) is 11.3 Å². The van der Waals surface area contributed by atoms with E-state index in [0.717, 1.165) is 27.6 Å². The summed E-state index contributed by atoms with van der Waals surface area (Å²) in [5.74, 6) is -0.373. The molecule has 0 fully saturated rings. The molecule has 2 heterocycles. The number of aromatic amines is 1. The van der Waals surface area contributed by atoms with Gasteiger partial charge in [-0.15, -0.1) is 0 Å². The Labute approximate surface area is 138 Å². The highest BCUT2D eigenvalue weighted by Crippen LogP contribution is 2.19. The van der Waals surface area contributed by atoms with E-state index in [1.54, 1.807) is 6.20 Å². The number of para-hydroxylation sites is 3. The summed E-state index contributed by atoms with van der Waals surface area (Å²) in [5.41, 5.74) is 4.49. The first-order chi connectivity index (χ1) is 11.7. The number of aromatic nitrogens is 3. The van der Waals surface area contributed by atoms with Crippen LogP contribution in [0.4, 0.5) is 0 Å². The first-order valence-electron chi connectivity index (χ1n) is 7.68. The van der Waals surface area contributed by atoms with Crippen molar-refractivity contribution in [3.8, 4) is 0 Å². The normalized spacial score (nSPS) is 11.0. The van der Waals surface area contributed by atoms with E-state index in [2.05, 4.69) is 15.0 Å². The van der Waals surface area contributed by atoms with Crippen molar-refractivity contribution in [1.29, 1.82) is 0 Å². The van der Waals surface area contributed by atoms with Gasteiger partial charge in [-0.1, -0.05) is 30.3 Å². The van der Waals surface area contributed by atoms with Crippen LogP contribution in [0.15, 0.2) is 54.7 Å². The number of esters is 1. The van der Waals surface area contributed by atoms with Gasteiger partial charge < -0.3 is 9.72 Å². The topological polar surface area (TPSA) is 67.9 Å². The van der Waals surface area contributed by atoms with Crippen molar-refractivity contribution in [3.63, 3.8) is 0 Å². The van der Waals surface area contributed by atoms with Crippen LogP contribution in [0.3, 0.4) is 0 Å². The van der Waals surface area contributed by atoms with Crippen molar-refractivity contribution in [1.82, 2.24) is 15.0 Å². The van der Waals surface area contributed by atoms with Crippen LogP contribution in [0.5, 0.6) is 0 Å². The van der Waals surface area contributed by atoms with Crippen LogP contribution in [0, 0.1) is 6.92 Å². The van der Waals surface area contributed by atoms with E-state index in [9.17, 15) is 4.79 Å². The molecule has 5 heteroatoms. The largest absolute Gasteiger partial charge is 0.455 e. The van der Waals surface area contributed by atoms with Gasteiger partial charge in [0.1, 0.15) is 6.61 Å². The number of H-pyrrole nitrogens is 1. The Hall–Kier alpha value is -3.21. The van der Waals surface area contributed by atoms with E-state index in [1.807, 2.05) is 55.5 Å². The van der Waals surface area contributed by atoms with Crippen molar-refractivity contribution in [3.05, 3.63) is 71.7 Å². The van der Waals surface area contributed by atoms with E-state index in [4.69, 9.17) is 4.74 Å². The monoisotopic (exact) mass is 317 g/mol. The van der Waals surface area contributed by atoms with Gasteiger partial charge in [0.25, 0.3) is 0 Å². The van der Waals surface area contributed by atoms with Gasteiger partial charge in [-0.2, -0.15) is 0 Å². The Morgan fingerprint density at radius 3 is 2.58 bits per heavy atom. The molecule has 0 aliphatic carbocycles. The lowest BCUT2D eigenvalue weighted by molar-refractivity contribution is 0.0469. The van der Waals surface area contributed by atoms with Crippen molar-refractivity contribution >= 4 is 27.9 Å². The maximum Gasteiger partial charge on any atom is 0.340 e. The number of nitrogens with one attached hydrogen (secondary N) is 1. The quantitative estimate of drug-likeness (QED) is 0.584. The molecule has 4 rings (SSSR count). The molecule has 0 amide bonds. The van der Waals surface area contributed by atoms with E-state index >= 15 is 0 Å². The Kier molecular flexibility index (Phi) is 3.46. The van der Waals surface area contributed by atoms with Crippen LogP contribution >= 0.6 is 0 Å². The Morgan fingerprint density at radius 1 is 1.04 bits per heavy atom. The molecule has 0 saturated heterocycles. The molecule has 0 atom stereocenters. The molecule has 0 saturated carbocycles. The van der Waals surface area contributed by atoms with Gasteiger partial charge in [0.05, 0.1) is 28.0 Å². The lowest BCUT2D eigenvalue weighted by Gasteiger charge is -2.07. The molecule has 0 spiro atoms. The maximum absolute atomic E-state index is 12.4. The van der Waals surface area contributed by atoms with Crippen LogP contribution in [0.25, 0.3) is 21.9 Å². The summed E-state index contributed by atoms with van der Waals surface area (Å²) in [6, 6.07) is 15.3. The minimum absolute atomic E-state index is 0.0992. The zero-order chi connectivity index (χ0) is 16.5. The summed E-state index contributed by atoms with van der Waals surface area (Å²) >= 11 is 0. The Balaban J connectivity index is 1.58. The highest BCUT2D eigenvalue weighted by atomic mass is 16.5. The Bertz CT molecular complexity index is 1050. The zero-order valence-corrected chi connectivity index (χ0v) is 13.1. The summed E-state index contributed by atoms with van der Waals surface area (Å²) < 4.78 is 5.45. The van der Waals surface area contributed by atoms with Crippen LogP contribution in [-0.4, -0.2) is 20.9 Å². The van der Waals surface area contributed by atoms with Gasteiger partial charge in [-0.05, 0) is 25.1 Å². The second-order valence-electron chi connectivity index (χ2n) is 5.57. The van der Waals surface area contributed by atoms with Crippen molar-refractivity contribution in [2.24, 2.45) is 0 Å². The average molecular weight is 317 g/mol. The predicted molar refractivity (Wildman–Crippen MR) is 91.7 cm³/mol. The number of rotatable bonds is 3. The molecule has 4 aromatic rings. The smallest absolute Gasteiger partial charge is 0.340 e. The fourth-order valence-corrected chi connectivity index (χ4v) is 2.71. The van der Waals surface area contributed by atoms with Crippen LogP contribution in [0.1, 0.15) is 21.7 Å². The predicted octanol–water partition coefficient (Wildman–Crippen LogP) is 3.78. The molecule has 0 unspecified atom stereocenters. The number of carbonyl (C=O) groups is 1. The van der Waals surface area contributed by atoms with Gasteiger partial charge >= 0.3 is 5.97 Å². The molecule has 2 aromatic carbocycles. The number of nitrogens with zero attached hydrogens (tertiary/aromatic N) is 2. The number of carbonyl (C=O) groups excluding carboxylic acids is 1. The second kappa shape index (κ2) is 5.77. The van der Waals surface area contributed by atoms with Gasteiger partial charge in [0.2, 0.25) is 0 Å². The lowest BCUT2D eigenvalue weighted by atomic mass is 10.2. The van der Waals surface area contributed by atoms with Crippen molar-refractivity contribution < 1.29 is 9.53 Å². The minimum atomic E-state index is -0.373. The molecule has 2 aromatic heterocycles. The number of aryl methyl sites for hydroxylation is 1. The van der Waals surface area contributed by atoms with Crippen molar-refractivity contribution in [2.45, 2.75) is 13.5 Å².